The molecule has 2 aromatic carbocycles. The maximum absolute atomic E-state index is 12.6. The number of anilines is 1. The Kier molecular flexibility index (Phi) is 5.89. The SMILES string of the molecule is COc1ccc(NC(=O)C2=NOC(c3ccccc3)C2)cc1OCc1ccncc1. The molecule has 2 heterocycles. The van der Waals surface area contributed by atoms with E-state index in [4.69, 9.17) is 14.3 Å². The molecule has 7 nitrogen and oxygen atoms in total. The second-order valence-corrected chi connectivity index (χ2v) is 6.71. The van der Waals surface area contributed by atoms with Gasteiger partial charge in [0.25, 0.3) is 5.91 Å². The van der Waals surface area contributed by atoms with E-state index >= 15 is 0 Å². The highest BCUT2D eigenvalue weighted by atomic mass is 16.6. The van der Waals surface area contributed by atoms with Gasteiger partial charge in [-0.2, -0.15) is 0 Å². The number of amides is 1. The smallest absolute Gasteiger partial charge is 0.273 e. The molecule has 1 atom stereocenters. The molecule has 1 N–H and O–H groups in total. The van der Waals surface area contributed by atoms with Gasteiger partial charge in [-0.15, -0.1) is 0 Å². The number of hydrogen-bond acceptors (Lipinski definition) is 6. The fraction of sp³-hybridized carbons (Fsp3) is 0.174. The zero-order chi connectivity index (χ0) is 20.8. The molecule has 7 heteroatoms. The first-order valence-electron chi connectivity index (χ1n) is 9.51. The summed E-state index contributed by atoms with van der Waals surface area (Å²) in [5.74, 6) is 0.797. The number of carbonyl (C=O) groups is 1. The summed E-state index contributed by atoms with van der Waals surface area (Å²) >= 11 is 0. The van der Waals surface area contributed by atoms with Crippen LogP contribution in [-0.4, -0.2) is 23.7 Å². The van der Waals surface area contributed by atoms with Crippen molar-refractivity contribution in [3.05, 3.63) is 84.2 Å². The molecule has 30 heavy (non-hydrogen) atoms. The van der Waals surface area contributed by atoms with E-state index in [0.717, 1.165) is 11.1 Å². The fourth-order valence-corrected chi connectivity index (χ4v) is 3.07. The zero-order valence-electron chi connectivity index (χ0n) is 16.4. The lowest BCUT2D eigenvalue weighted by atomic mass is 10.0. The predicted molar refractivity (Wildman–Crippen MR) is 113 cm³/mol. The number of nitrogens with one attached hydrogen (secondary N) is 1. The first-order chi connectivity index (χ1) is 14.7. The standard InChI is InChI=1S/C23H21N3O4/c1-28-20-8-7-18(13-22(20)29-15-16-9-11-24-12-10-16)25-23(27)19-14-21(30-26-19)17-5-3-2-4-6-17/h2-13,21H,14-15H2,1H3,(H,25,27). The van der Waals surface area contributed by atoms with Gasteiger partial charge in [0.1, 0.15) is 12.3 Å². The van der Waals surface area contributed by atoms with Gasteiger partial charge in [0.15, 0.2) is 17.6 Å². The third-order valence-corrected chi connectivity index (χ3v) is 4.67. The number of pyridine rings is 1. The summed E-state index contributed by atoms with van der Waals surface area (Å²) in [6, 6.07) is 18.7. The Morgan fingerprint density at radius 1 is 1.10 bits per heavy atom. The van der Waals surface area contributed by atoms with Gasteiger partial charge in [0.05, 0.1) is 7.11 Å². The molecule has 1 aliphatic heterocycles. The van der Waals surface area contributed by atoms with Gasteiger partial charge in [-0.05, 0) is 35.4 Å². The van der Waals surface area contributed by atoms with Crippen LogP contribution in [0.1, 0.15) is 23.7 Å². The highest BCUT2D eigenvalue weighted by Crippen LogP contribution is 2.32. The molecule has 0 radical (unpaired) electrons. The summed E-state index contributed by atoms with van der Waals surface area (Å²) in [5.41, 5.74) is 2.89. The lowest BCUT2D eigenvalue weighted by Gasteiger charge is -2.13. The first-order valence-corrected chi connectivity index (χ1v) is 9.51. The number of benzene rings is 2. The number of rotatable bonds is 7. The number of ether oxygens (including phenoxy) is 2. The highest BCUT2D eigenvalue weighted by molar-refractivity contribution is 6.43. The van der Waals surface area contributed by atoms with Gasteiger partial charge in [0.2, 0.25) is 0 Å². The number of hydrogen-bond donors (Lipinski definition) is 1. The van der Waals surface area contributed by atoms with Crippen molar-refractivity contribution in [1.82, 2.24) is 4.98 Å². The molecule has 0 aliphatic carbocycles. The largest absolute Gasteiger partial charge is 0.493 e. The Bertz CT molecular complexity index is 1040. The average molecular weight is 403 g/mol. The summed E-state index contributed by atoms with van der Waals surface area (Å²) in [6.45, 7) is 0.357. The second kappa shape index (κ2) is 9.09. The molecule has 0 saturated carbocycles. The summed E-state index contributed by atoms with van der Waals surface area (Å²) in [5, 5.41) is 6.81. The topological polar surface area (TPSA) is 82.0 Å². The van der Waals surface area contributed by atoms with Gasteiger partial charge in [0, 0.05) is 30.6 Å². The van der Waals surface area contributed by atoms with Crippen molar-refractivity contribution in [2.75, 3.05) is 12.4 Å². The quantitative estimate of drug-likeness (QED) is 0.642. The monoisotopic (exact) mass is 403 g/mol. The van der Waals surface area contributed by atoms with Crippen LogP contribution < -0.4 is 14.8 Å². The number of oxime groups is 1. The molecule has 0 fully saturated rings. The van der Waals surface area contributed by atoms with Crippen LogP contribution in [0.4, 0.5) is 5.69 Å². The minimum Gasteiger partial charge on any atom is -0.493 e. The van der Waals surface area contributed by atoms with E-state index in [2.05, 4.69) is 15.5 Å². The molecule has 4 rings (SSSR count). The summed E-state index contributed by atoms with van der Waals surface area (Å²) in [6.07, 6.45) is 3.58. The molecular formula is C23H21N3O4. The van der Waals surface area contributed by atoms with Crippen molar-refractivity contribution in [1.29, 1.82) is 0 Å². The van der Waals surface area contributed by atoms with E-state index in [0.29, 0.717) is 35.9 Å². The summed E-state index contributed by atoms with van der Waals surface area (Å²) in [7, 11) is 1.57. The van der Waals surface area contributed by atoms with Gasteiger partial charge < -0.3 is 19.6 Å². The van der Waals surface area contributed by atoms with Crippen LogP contribution in [0.2, 0.25) is 0 Å². The van der Waals surface area contributed by atoms with E-state index in [1.807, 2.05) is 42.5 Å². The molecule has 0 bridgehead atoms. The lowest BCUT2D eigenvalue weighted by Crippen LogP contribution is -2.21. The van der Waals surface area contributed by atoms with Crippen molar-refractivity contribution in [2.45, 2.75) is 19.1 Å². The van der Waals surface area contributed by atoms with Crippen LogP contribution in [0.3, 0.4) is 0 Å². The summed E-state index contributed by atoms with van der Waals surface area (Å²) in [4.78, 5) is 22.1. The molecule has 1 unspecified atom stereocenters. The highest BCUT2D eigenvalue weighted by Gasteiger charge is 2.27. The van der Waals surface area contributed by atoms with Crippen LogP contribution >= 0.6 is 0 Å². The van der Waals surface area contributed by atoms with Crippen LogP contribution in [0, 0.1) is 0 Å². The van der Waals surface area contributed by atoms with E-state index in [9.17, 15) is 4.79 Å². The molecule has 0 saturated heterocycles. The number of methoxy groups -OCH3 is 1. The van der Waals surface area contributed by atoms with Crippen LogP contribution in [0.25, 0.3) is 0 Å². The van der Waals surface area contributed by atoms with Crippen molar-refractivity contribution in [3.63, 3.8) is 0 Å². The maximum Gasteiger partial charge on any atom is 0.273 e. The lowest BCUT2D eigenvalue weighted by molar-refractivity contribution is -0.110. The zero-order valence-corrected chi connectivity index (χ0v) is 16.4. The number of nitrogens with zero attached hydrogens (tertiary/aromatic N) is 2. The van der Waals surface area contributed by atoms with Gasteiger partial charge in [-0.3, -0.25) is 9.78 Å². The van der Waals surface area contributed by atoms with E-state index in [1.165, 1.54) is 0 Å². The number of carbonyl (C=O) groups excluding carboxylic acids is 1. The number of aromatic nitrogens is 1. The van der Waals surface area contributed by atoms with E-state index < -0.39 is 0 Å². The minimum absolute atomic E-state index is 0.248. The van der Waals surface area contributed by atoms with Crippen LogP contribution in [-0.2, 0) is 16.2 Å². The minimum atomic E-state index is -0.307. The van der Waals surface area contributed by atoms with Crippen molar-refractivity contribution in [3.8, 4) is 11.5 Å². The first kappa shape index (κ1) is 19.4. The molecule has 0 spiro atoms. The average Bonchev–Trinajstić information content (AvgIpc) is 3.30. The maximum atomic E-state index is 12.6. The van der Waals surface area contributed by atoms with Crippen molar-refractivity contribution >= 4 is 17.3 Å². The van der Waals surface area contributed by atoms with E-state index in [1.54, 1.807) is 37.7 Å². The van der Waals surface area contributed by atoms with Crippen LogP contribution in [0.15, 0.2) is 78.2 Å². The predicted octanol–water partition coefficient (Wildman–Crippen LogP) is 4.13. The van der Waals surface area contributed by atoms with Gasteiger partial charge >= 0.3 is 0 Å². The molecule has 1 aliphatic rings. The second-order valence-electron chi connectivity index (χ2n) is 6.71. The Balaban J connectivity index is 1.41. The Morgan fingerprint density at radius 2 is 1.90 bits per heavy atom. The Morgan fingerprint density at radius 3 is 2.67 bits per heavy atom. The van der Waals surface area contributed by atoms with Gasteiger partial charge in [-0.25, -0.2) is 0 Å². The van der Waals surface area contributed by atoms with Gasteiger partial charge in [-0.1, -0.05) is 35.5 Å². The van der Waals surface area contributed by atoms with E-state index in [-0.39, 0.29) is 12.0 Å². The molecular weight excluding hydrogens is 382 g/mol. The Labute approximate surface area is 174 Å². The summed E-state index contributed by atoms with van der Waals surface area (Å²) < 4.78 is 11.2. The third kappa shape index (κ3) is 4.57. The van der Waals surface area contributed by atoms with Crippen LogP contribution in [0.5, 0.6) is 11.5 Å². The van der Waals surface area contributed by atoms with Crippen molar-refractivity contribution in [2.24, 2.45) is 5.16 Å². The molecule has 1 amide bonds. The fourth-order valence-electron chi connectivity index (χ4n) is 3.07. The molecule has 3 aromatic rings. The molecule has 1 aromatic heterocycles. The Hall–Kier alpha value is -3.87. The third-order valence-electron chi connectivity index (χ3n) is 4.67. The van der Waals surface area contributed by atoms with Crippen molar-refractivity contribution < 1.29 is 19.1 Å². The molecule has 152 valence electrons. The normalized spacial score (nSPS) is 15.1.